The summed E-state index contributed by atoms with van der Waals surface area (Å²) in [4.78, 5) is 14.5. The number of nitro benzene ring substituents is 1. The second kappa shape index (κ2) is 4.40. The number of halogens is 1. The Hall–Kier alpha value is -1.75. The molecule has 1 aromatic carbocycles. The Morgan fingerprint density at radius 2 is 2.12 bits per heavy atom. The standard InChI is InChI=1S/C11H7BrN2O2/c12-9-3-4-10(11(6-9)14(15)16)8-2-1-5-13-7-8/h1-7H. The Kier molecular flexibility index (Phi) is 2.96. The van der Waals surface area contributed by atoms with Gasteiger partial charge in [-0.05, 0) is 18.2 Å². The molecule has 80 valence electrons. The van der Waals surface area contributed by atoms with Crippen LogP contribution >= 0.6 is 15.9 Å². The van der Waals surface area contributed by atoms with E-state index in [0.717, 1.165) is 5.56 Å². The van der Waals surface area contributed by atoms with Crippen molar-refractivity contribution < 1.29 is 4.92 Å². The Labute approximate surface area is 100 Å². The van der Waals surface area contributed by atoms with Crippen molar-refractivity contribution in [3.63, 3.8) is 0 Å². The van der Waals surface area contributed by atoms with Gasteiger partial charge in [0.25, 0.3) is 5.69 Å². The van der Waals surface area contributed by atoms with E-state index in [2.05, 4.69) is 20.9 Å². The van der Waals surface area contributed by atoms with Crippen LogP contribution in [-0.4, -0.2) is 9.91 Å². The van der Waals surface area contributed by atoms with Crippen molar-refractivity contribution in [1.29, 1.82) is 0 Å². The van der Waals surface area contributed by atoms with Crippen molar-refractivity contribution in [1.82, 2.24) is 4.98 Å². The van der Waals surface area contributed by atoms with Crippen LogP contribution in [0.5, 0.6) is 0 Å². The Balaban J connectivity index is 2.61. The number of pyridine rings is 1. The molecule has 0 radical (unpaired) electrons. The lowest BCUT2D eigenvalue weighted by molar-refractivity contribution is -0.384. The maximum Gasteiger partial charge on any atom is 0.278 e. The Morgan fingerprint density at radius 3 is 2.75 bits per heavy atom. The first-order valence-electron chi connectivity index (χ1n) is 4.53. The molecule has 0 saturated carbocycles. The normalized spacial score (nSPS) is 10.1. The molecule has 0 saturated heterocycles. The highest BCUT2D eigenvalue weighted by Crippen LogP contribution is 2.31. The van der Waals surface area contributed by atoms with E-state index in [1.165, 1.54) is 6.07 Å². The van der Waals surface area contributed by atoms with E-state index in [1.54, 1.807) is 36.7 Å². The smallest absolute Gasteiger partial charge is 0.264 e. The van der Waals surface area contributed by atoms with Gasteiger partial charge in [-0.2, -0.15) is 0 Å². The van der Waals surface area contributed by atoms with Gasteiger partial charge in [0.2, 0.25) is 0 Å². The van der Waals surface area contributed by atoms with Crippen LogP contribution < -0.4 is 0 Å². The fourth-order valence-electron chi connectivity index (χ4n) is 1.42. The summed E-state index contributed by atoms with van der Waals surface area (Å²) < 4.78 is 0.687. The van der Waals surface area contributed by atoms with E-state index in [9.17, 15) is 10.1 Å². The van der Waals surface area contributed by atoms with E-state index in [4.69, 9.17) is 0 Å². The van der Waals surface area contributed by atoms with Crippen molar-refractivity contribution in [3.8, 4) is 11.1 Å². The van der Waals surface area contributed by atoms with Crippen LogP contribution in [0.2, 0.25) is 0 Å². The van der Waals surface area contributed by atoms with Gasteiger partial charge < -0.3 is 0 Å². The fourth-order valence-corrected chi connectivity index (χ4v) is 1.77. The molecule has 0 fully saturated rings. The van der Waals surface area contributed by atoms with Crippen LogP contribution in [0.4, 0.5) is 5.69 Å². The predicted octanol–water partition coefficient (Wildman–Crippen LogP) is 3.42. The molecule has 5 heteroatoms. The van der Waals surface area contributed by atoms with E-state index < -0.39 is 4.92 Å². The van der Waals surface area contributed by atoms with Gasteiger partial charge in [0.1, 0.15) is 0 Å². The topological polar surface area (TPSA) is 56.0 Å². The van der Waals surface area contributed by atoms with E-state index in [-0.39, 0.29) is 5.69 Å². The molecule has 0 spiro atoms. The number of nitro groups is 1. The van der Waals surface area contributed by atoms with Gasteiger partial charge in [-0.25, -0.2) is 0 Å². The summed E-state index contributed by atoms with van der Waals surface area (Å²) in [5.41, 5.74) is 1.38. The summed E-state index contributed by atoms with van der Waals surface area (Å²) in [5.74, 6) is 0. The lowest BCUT2D eigenvalue weighted by atomic mass is 10.1. The van der Waals surface area contributed by atoms with Crippen molar-refractivity contribution in [2.24, 2.45) is 0 Å². The first-order valence-corrected chi connectivity index (χ1v) is 5.32. The summed E-state index contributed by atoms with van der Waals surface area (Å²) in [6, 6.07) is 8.52. The minimum atomic E-state index is -0.396. The molecule has 0 aliphatic carbocycles. The molecule has 0 bridgehead atoms. The number of nitrogens with zero attached hydrogens (tertiary/aromatic N) is 2. The molecular formula is C11H7BrN2O2. The lowest BCUT2D eigenvalue weighted by Crippen LogP contribution is -1.92. The maximum absolute atomic E-state index is 10.9. The summed E-state index contributed by atoms with van der Waals surface area (Å²) in [6.45, 7) is 0. The van der Waals surface area contributed by atoms with E-state index in [0.29, 0.717) is 10.0 Å². The molecule has 0 unspecified atom stereocenters. The number of hydrogen-bond donors (Lipinski definition) is 0. The zero-order valence-corrected chi connectivity index (χ0v) is 9.72. The first-order chi connectivity index (χ1) is 7.68. The Morgan fingerprint density at radius 1 is 1.31 bits per heavy atom. The van der Waals surface area contributed by atoms with E-state index >= 15 is 0 Å². The van der Waals surface area contributed by atoms with E-state index in [1.807, 2.05) is 0 Å². The largest absolute Gasteiger partial charge is 0.278 e. The average molecular weight is 279 g/mol. The van der Waals surface area contributed by atoms with Crippen LogP contribution in [0.1, 0.15) is 0 Å². The molecule has 2 aromatic rings. The summed E-state index contributed by atoms with van der Waals surface area (Å²) in [7, 11) is 0. The predicted molar refractivity (Wildman–Crippen MR) is 64.0 cm³/mol. The number of aromatic nitrogens is 1. The van der Waals surface area contributed by atoms with Crippen LogP contribution in [0.25, 0.3) is 11.1 Å². The number of benzene rings is 1. The van der Waals surface area contributed by atoms with Crippen molar-refractivity contribution in [3.05, 3.63) is 57.3 Å². The molecule has 0 aliphatic rings. The molecule has 0 N–H and O–H groups in total. The zero-order chi connectivity index (χ0) is 11.5. The lowest BCUT2D eigenvalue weighted by Gasteiger charge is -2.02. The summed E-state index contributed by atoms with van der Waals surface area (Å²) in [6.07, 6.45) is 3.24. The average Bonchev–Trinajstić information content (AvgIpc) is 2.30. The van der Waals surface area contributed by atoms with Crippen LogP contribution in [-0.2, 0) is 0 Å². The highest BCUT2D eigenvalue weighted by Gasteiger charge is 2.15. The van der Waals surface area contributed by atoms with Crippen molar-refractivity contribution >= 4 is 21.6 Å². The molecular weight excluding hydrogens is 272 g/mol. The highest BCUT2D eigenvalue weighted by molar-refractivity contribution is 9.10. The zero-order valence-electron chi connectivity index (χ0n) is 8.13. The van der Waals surface area contributed by atoms with Gasteiger partial charge in [-0.1, -0.05) is 22.0 Å². The summed E-state index contributed by atoms with van der Waals surface area (Å²) in [5, 5.41) is 10.9. The molecule has 1 heterocycles. The molecule has 0 aliphatic heterocycles. The first kappa shape index (κ1) is 10.8. The maximum atomic E-state index is 10.9. The minimum Gasteiger partial charge on any atom is -0.264 e. The van der Waals surface area contributed by atoms with Gasteiger partial charge in [-0.3, -0.25) is 15.1 Å². The summed E-state index contributed by atoms with van der Waals surface area (Å²) >= 11 is 3.22. The Bertz CT molecular complexity index is 529. The quantitative estimate of drug-likeness (QED) is 0.625. The fraction of sp³-hybridized carbons (Fsp3) is 0. The van der Waals surface area contributed by atoms with Gasteiger partial charge >= 0.3 is 0 Å². The molecule has 4 nitrogen and oxygen atoms in total. The minimum absolute atomic E-state index is 0.0716. The molecule has 0 amide bonds. The molecule has 1 aromatic heterocycles. The molecule has 16 heavy (non-hydrogen) atoms. The van der Waals surface area contributed by atoms with Gasteiger partial charge in [0.15, 0.2) is 0 Å². The number of rotatable bonds is 2. The number of hydrogen-bond acceptors (Lipinski definition) is 3. The van der Waals surface area contributed by atoms with Gasteiger partial charge in [0.05, 0.1) is 10.5 Å². The van der Waals surface area contributed by atoms with Crippen LogP contribution in [0.3, 0.4) is 0 Å². The van der Waals surface area contributed by atoms with Gasteiger partial charge in [0, 0.05) is 28.5 Å². The van der Waals surface area contributed by atoms with Crippen molar-refractivity contribution in [2.45, 2.75) is 0 Å². The second-order valence-electron chi connectivity index (χ2n) is 3.16. The monoisotopic (exact) mass is 278 g/mol. The molecule has 0 atom stereocenters. The molecule has 2 rings (SSSR count). The van der Waals surface area contributed by atoms with Gasteiger partial charge in [-0.15, -0.1) is 0 Å². The second-order valence-corrected chi connectivity index (χ2v) is 4.08. The SMILES string of the molecule is O=[N+]([O-])c1cc(Br)ccc1-c1cccnc1. The third-order valence-corrected chi connectivity index (χ3v) is 2.62. The van der Waals surface area contributed by atoms with Crippen LogP contribution in [0.15, 0.2) is 47.2 Å². The third kappa shape index (κ3) is 2.09. The van der Waals surface area contributed by atoms with Crippen LogP contribution in [0, 0.1) is 10.1 Å². The van der Waals surface area contributed by atoms with Crippen molar-refractivity contribution in [2.75, 3.05) is 0 Å². The third-order valence-electron chi connectivity index (χ3n) is 2.13. The highest BCUT2D eigenvalue weighted by atomic mass is 79.9.